The Kier molecular flexibility index (Phi) is 5.45. The van der Waals surface area contributed by atoms with Crippen LogP contribution in [-0.4, -0.2) is 18.7 Å². The fourth-order valence-corrected chi connectivity index (χ4v) is 1.84. The van der Waals surface area contributed by atoms with Crippen molar-refractivity contribution < 1.29 is 14.0 Å². The van der Waals surface area contributed by atoms with Crippen LogP contribution in [0.3, 0.4) is 0 Å². The van der Waals surface area contributed by atoms with Gasteiger partial charge in [-0.3, -0.25) is 4.79 Å². The zero-order chi connectivity index (χ0) is 15.1. The van der Waals surface area contributed by atoms with Crippen LogP contribution in [0.25, 0.3) is 0 Å². The highest BCUT2D eigenvalue weighted by Gasteiger charge is 2.07. The highest BCUT2D eigenvalue weighted by Crippen LogP contribution is 2.19. The summed E-state index contributed by atoms with van der Waals surface area (Å²) in [5.41, 5.74) is 0.954. The molecule has 1 amide bonds. The van der Waals surface area contributed by atoms with Gasteiger partial charge in [-0.15, -0.1) is 0 Å². The predicted octanol–water partition coefficient (Wildman–Crippen LogP) is 3.58. The van der Waals surface area contributed by atoms with E-state index < -0.39 is 11.7 Å². The molecule has 0 aliphatic rings. The summed E-state index contributed by atoms with van der Waals surface area (Å²) in [5.74, 6) is -1.01. The summed E-state index contributed by atoms with van der Waals surface area (Å²) in [5, 5.41) is 6.08. The van der Waals surface area contributed by atoms with Gasteiger partial charge in [0.15, 0.2) is 6.61 Å². The highest BCUT2D eigenvalue weighted by atomic mass is 79.9. The maximum Gasteiger partial charge on any atom is 0.265 e. The largest absolute Gasteiger partial charge is 0.386 e. The van der Waals surface area contributed by atoms with Crippen LogP contribution in [0, 0.1) is 5.82 Å². The van der Waals surface area contributed by atoms with E-state index in [0.717, 1.165) is 5.56 Å². The minimum absolute atomic E-state index is 0.0961. The molecular weight excluding hydrogens is 339 g/mol. The van der Waals surface area contributed by atoms with Gasteiger partial charge in [0.1, 0.15) is 5.82 Å². The van der Waals surface area contributed by atoms with Gasteiger partial charge in [0.05, 0.1) is 11.9 Å². The lowest BCUT2D eigenvalue weighted by atomic mass is 10.2. The van der Waals surface area contributed by atoms with E-state index in [-0.39, 0.29) is 12.3 Å². The normalized spacial score (nSPS) is 10.6. The Labute approximate surface area is 129 Å². The number of carbonyl (C=O) groups is 1. The number of rotatable bonds is 5. The number of nitrogens with one attached hydrogen (secondary N) is 1. The maximum atomic E-state index is 13.5. The van der Waals surface area contributed by atoms with Crippen molar-refractivity contribution >= 4 is 33.7 Å². The fraction of sp³-hybridized carbons (Fsp3) is 0.0667. The molecule has 0 unspecified atom stereocenters. The maximum absolute atomic E-state index is 13.5. The molecule has 6 heteroatoms. The first-order chi connectivity index (χ1) is 10.1. The van der Waals surface area contributed by atoms with Gasteiger partial charge in [-0.25, -0.2) is 4.39 Å². The monoisotopic (exact) mass is 350 g/mol. The van der Waals surface area contributed by atoms with Gasteiger partial charge in [-0.1, -0.05) is 51.4 Å². The third-order valence-corrected chi connectivity index (χ3v) is 2.97. The molecule has 0 aliphatic heterocycles. The smallest absolute Gasteiger partial charge is 0.265 e. The highest BCUT2D eigenvalue weighted by molar-refractivity contribution is 9.10. The van der Waals surface area contributed by atoms with E-state index in [1.54, 1.807) is 6.07 Å². The number of benzene rings is 2. The zero-order valence-corrected chi connectivity index (χ0v) is 12.5. The minimum atomic E-state index is -0.523. The lowest BCUT2D eigenvalue weighted by molar-refractivity contribution is -0.120. The minimum Gasteiger partial charge on any atom is -0.386 e. The SMILES string of the molecule is O=C(CO/N=C/c1ccccc1)Nc1ccc(Br)cc1F. The van der Waals surface area contributed by atoms with Gasteiger partial charge in [0.2, 0.25) is 0 Å². The molecule has 0 bridgehead atoms. The number of nitrogens with zero attached hydrogens (tertiary/aromatic N) is 1. The van der Waals surface area contributed by atoms with E-state index in [1.807, 2.05) is 30.3 Å². The molecule has 4 nitrogen and oxygen atoms in total. The second kappa shape index (κ2) is 7.54. The van der Waals surface area contributed by atoms with Crippen molar-refractivity contribution in [3.05, 3.63) is 64.4 Å². The molecule has 0 radical (unpaired) electrons. The van der Waals surface area contributed by atoms with Crippen LogP contribution in [0.4, 0.5) is 10.1 Å². The van der Waals surface area contributed by atoms with Crippen molar-refractivity contribution in [2.24, 2.45) is 5.16 Å². The van der Waals surface area contributed by atoms with Crippen molar-refractivity contribution in [3.63, 3.8) is 0 Å². The second-order valence-electron chi connectivity index (χ2n) is 4.09. The molecule has 108 valence electrons. The van der Waals surface area contributed by atoms with Crippen LogP contribution in [0.1, 0.15) is 5.56 Å². The van der Waals surface area contributed by atoms with Crippen LogP contribution in [0.15, 0.2) is 58.2 Å². The van der Waals surface area contributed by atoms with Crippen LogP contribution in [-0.2, 0) is 9.63 Å². The molecule has 0 saturated heterocycles. The van der Waals surface area contributed by atoms with Crippen LogP contribution in [0.5, 0.6) is 0 Å². The Morgan fingerprint density at radius 2 is 2.05 bits per heavy atom. The summed E-state index contributed by atoms with van der Waals surface area (Å²) in [6.07, 6.45) is 1.49. The molecule has 21 heavy (non-hydrogen) atoms. The number of carbonyl (C=O) groups excluding carboxylic acids is 1. The lowest BCUT2D eigenvalue weighted by Gasteiger charge is -2.05. The van der Waals surface area contributed by atoms with Gasteiger partial charge >= 0.3 is 0 Å². The summed E-state index contributed by atoms with van der Waals surface area (Å²) in [7, 11) is 0. The summed E-state index contributed by atoms with van der Waals surface area (Å²) in [6, 6.07) is 13.7. The Bertz CT molecular complexity index is 647. The molecule has 0 saturated carbocycles. The van der Waals surface area contributed by atoms with Crippen LogP contribution in [0.2, 0.25) is 0 Å². The number of amides is 1. The molecule has 0 heterocycles. The molecule has 0 spiro atoms. The lowest BCUT2D eigenvalue weighted by Crippen LogP contribution is -2.17. The first kappa shape index (κ1) is 15.2. The number of anilines is 1. The van der Waals surface area contributed by atoms with Gasteiger partial charge in [-0.05, 0) is 23.8 Å². The molecule has 0 aromatic heterocycles. The second-order valence-corrected chi connectivity index (χ2v) is 5.01. The van der Waals surface area contributed by atoms with Crippen molar-refractivity contribution in [2.75, 3.05) is 11.9 Å². The first-order valence-electron chi connectivity index (χ1n) is 6.10. The fourth-order valence-electron chi connectivity index (χ4n) is 1.51. The number of hydrogen-bond donors (Lipinski definition) is 1. The average molecular weight is 351 g/mol. The van der Waals surface area contributed by atoms with E-state index in [4.69, 9.17) is 4.84 Å². The van der Waals surface area contributed by atoms with Crippen molar-refractivity contribution in [3.8, 4) is 0 Å². The van der Waals surface area contributed by atoms with Gasteiger partial charge < -0.3 is 10.2 Å². The van der Waals surface area contributed by atoms with E-state index >= 15 is 0 Å². The molecule has 2 aromatic rings. The molecular formula is C15H12BrFN2O2. The summed E-state index contributed by atoms with van der Waals surface area (Å²) >= 11 is 3.14. The first-order valence-corrected chi connectivity index (χ1v) is 6.90. The summed E-state index contributed by atoms with van der Waals surface area (Å²) < 4.78 is 14.1. The van der Waals surface area contributed by atoms with E-state index in [1.165, 1.54) is 18.3 Å². The molecule has 0 fully saturated rings. The standard InChI is InChI=1S/C15H12BrFN2O2/c16-12-6-7-14(13(17)8-12)19-15(20)10-21-18-9-11-4-2-1-3-5-11/h1-9H,10H2,(H,19,20)/b18-9+. The topological polar surface area (TPSA) is 50.7 Å². The Morgan fingerprint density at radius 3 is 2.76 bits per heavy atom. The predicted molar refractivity (Wildman–Crippen MR) is 82.7 cm³/mol. The summed E-state index contributed by atoms with van der Waals surface area (Å²) in [6.45, 7) is -0.293. The van der Waals surface area contributed by atoms with Crippen LogP contribution < -0.4 is 5.32 Å². The quantitative estimate of drug-likeness (QED) is 0.661. The van der Waals surface area contributed by atoms with Gasteiger partial charge in [0.25, 0.3) is 5.91 Å². The number of oxime groups is 1. The van der Waals surface area contributed by atoms with Gasteiger partial charge in [0, 0.05) is 4.47 Å². The van der Waals surface area contributed by atoms with Crippen molar-refractivity contribution in [1.29, 1.82) is 0 Å². The van der Waals surface area contributed by atoms with Crippen molar-refractivity contribution in [2.45, 2.75) is 0 Å². The van der Waals surface area contributed by atoms with E-state index in [0.29, 0.717) is 4.47 Å². The average Bonchev–Trinajstić information content (AvgIpc) is 2.48. The number of hydrogen-bond acceptors (Lipinski definition) is 3. The van der Waals surface area contributed by atoms with Gasteiger partial charge in [-0.2, -0.15) is 0 Å². The van der Waals surface area contributed by atoms with Crippen molar-refractivity contribution in [1.82, 2.24) is 0 Å². The Morgan fingerprint density at radius 1 is 1.29 bits per heavy atom. The molecule has 1 N–H and O–H groups in total. The molecule has 2 aromatic carbocycles. The Hall–Kier alpha value is -2.21. The third kappa shape index (κ3) is 5.00. The zero-order valence-electron chi connectivity index (χ0n) is 10.9. The van der Waals surface area contributed by atoms with Crippen LogP contribution >= 0.6 is 15.9 Å². The summed E-state index contributed by atoms with van der Waals surface area (Å²) in [4.78, 5) is 16.4. The molecule has 0 atom stereocenters. The number of halogens is 2. The molecule has 0 aliphatic carbocycles. The van der Waals surface area contributed by atoms with E-state index in [2.05, 4.69) is 26.4 Å². The third-order valence-electron chi connectivity index (χ3n) is 2.48. The Balaban J connectivity index is 1.81. The van der Waals surface area contributed by atoms with E-state index in [9.17, 15) is 9.18 Å². The molecule has 2 rings (SSSR count).